The van der Waals surface area contributed by atoms with Crippen LogP contribution in [0.25, 0.3) is 5.69 Å². The minimum atomic E-state index is -0.105. The van der Waals surface area contributed by atoms with Gasteiger partial charge in [0.25, 0.3) is 5.91 Å². The molecule has 1 aromatic carbocycles. The van der Waals surface area contributed by atoms with Crippen molar-refractivity contribution >= 4 is 5.91 Å². The second-order valence-corrected chi connectivity index (χ2v) is 5.49. The van der Waals surface area contributed by atoms with Crippen molar-refractivity contribution in [2.75, 3.05) is 6.54 Å². The van der Waals surface area contributed by atoms with E-state index in [4.69, 9.17) is 5.26 Å². The van der Waals surface area contributed by atoms with Crippen molar-refractivity contribution in [3.8, 4) is 11.8 Å². The Balaban J connectivity index is 1.78. The van der Waals surface area contributed by atoms with E-state index >= 15 is 0 Å². The van der Waals surface area contributed by atoms with Crippen LogP contribution < -0.4 is 0 Å². The van der Waals surface area contributed by atoms with E-state index in [9.17, 15) is 4.79 Å². The molecule has 0 bridgehead atoms. The van der Waals surface area contributed by atoms with Gasteiger partial charge in [-0.2, -0.15) is 10.4 Å². The Morgan fingerprint density at radius 1 is 1.16 bits per heavy atom. The molecule has 0 unspecified atom stereocenters. The first-order valence-corrected chi connectivity index (χ1v) is 7.93. The maximum atomic E-state index is 12.8. The minimum Gasteiger partial charge on any atom is -0.333 e. The van der Waals surface area contributed by atoms with Crippen molar-refractivity contribution in [2.24, 2.45) is 0 Å². The quantitative estimate of drug-likeness (QED) is 0.696. The Labute approximate surface area is 146 Å². The molecular weight excluding hydrogens is 314 g/mol. The Morgan fingerprint density at radius 2 is 2.00 bits per heavy atom. The normalized spacial score (nSPS) is 10.2. The summed E-state index contributed by atoms with van der Waals surface area (Å²) in [6, 6.07) is 15.0. The number of carbonyl (C=O) groups is 1. The Kier molecular flexibility index (Phi) is 5.17. The largest absolute Gasteiger partial charge is 0.333 e. The van der Waals surface area contributed by atoms with Crippen molar-refractivity contribution < 1.29 is 4.79 Å². The average Bonchev–Trinajstić information content (AvgIpc) is 3.20. The topological polar surface area (TPSA) is 74.8 Å². The number of hydrogen-bond acceptors (Lipinski definition) is 4. The maximum Gasteiger partial charge on any atom is 0.254 e. The Morgan fingerprint density at radius 3 is 2.64 bits per heavy atom. The summed E-state index contributed by atoms with van der Waals surface area (Å²) >= 11 is 0. The zero-order valence-electron chi connectivity index (χ0n) is 13.6. The van der Waals surface area contributed by atoms with Crippen molar-refractivity contribution in [1.82, 2.24) is 19.7 Å². The molecule has 0 atom stereocenters. The molecular formula is C19H17N5O. The second-order valence-electron chi connectivity index (χ2n) is 5.49. The van der Waals surface area contributed by atoms with Crippen LogP contribution in [0.2, 0.25) is 0 Å². The number of pyridine rings is 1. The molecule has 0 fully saturated rings. The smallest absolute Gasteiger partial charge is 0.254 e. The monoisotopic (exact) mass is 331 g/mol. The Hall–Kier alpha value is -3.46. The predicted molar refractivity (Wildman–Crippen MR) is 92.8 cm³/mol. The highest BCUT2D eigenvalue weighted by molar-refractivity contribution is 5.94. The highest BCUT2D eigenvalue weighted by Gasteiger charge is 2.16. The van der Waals surface area contributed by atoms with Crippen molar-refractivity contribution in [3.05, 3.63) is 78.4 Å². The molecule has 2 heterocycles. The summed E-state index contributed by atoms with van der Waals surface area (Å²) in [5, 5.41) is 13.0. The summed E-state index contributed by atoms with van der Waals surface area (Å²) in [5.41, 5.74) is 2.40. The fourth-order valence-electron chi connectivity index (χ4n) is 2.51. The lowest BCUT2D eigenvalue weighted by Gasteiger charge is -2.22. The van der Waals surface area contributed by atoms with Gasteiger partial charge >= 0.3 is 0 Å². The molecule has 0 saturated heterocycles. The lowest BCUT2D eigenvalue weighted by atomic mass is 10.1. The van der Waals surface area contributed by atoms with E-state index in [1.807, 2.05) is 36.5 Å². The van der Waals surface area contributed by atoms with E-state index in [-0.39, 0.29) is 12.3 Å². The third-order valence-electron chi connectivity index (χ3n) is 3.76. The number of carbonyl (C=O) groups excluding carboxylic acids is 1. The van der Waals surface area contributed by atoms with E-state index in [1.54, 1.807) is 40.3 Å². The van der Waals surface area contributed by atoms with Gasteiger partial charge in [-0.3, -0.25) is 9.78 Å². The molecule has 0 N–H and O–H groups in total. The summed E-state index contributed by atoms with van der Waals surface area (Å²) in [7, 11) is 0. The number of aromatic nitrogens is 3. The zero-order chi connectivity index (χ0) is 17.5. The predicted octanol–water partition coefficient (Wildman–Crippen LogP) is 2.82. The fourth-order valence-corrected chi connectivity index (χ4v) is 2.51. The van der Waals surface area contributed by atoms with Gasteiger partial charge in [-0.25, -0.2) is 4.68 Å². The van der Waals surface area contributed by atoms with Gasteiger partial charge in [-0.15, -0.1) is 0 Å². The molecule has 25 heavy (non-hydrogen) atoms. The van der Waals surface area contributed by atoms with Gasteiger partial charge in [0.15, 0.2) is 0 Å². The van der Waals surface area contributed by atoms with E-state index in [0.717, 1.165) is 11.3 Å². The van der Waals surface area contributed by atoms with Gasteiger partial charge in [-0.1, -0.05) is 6.07 Å². The summed E-state index contributed by atoms with van der Waals surface area (Å²) in [4.78, 5) is 18.6. The zero-order valence-corrected chi connectivity index (χ0v) is 13.6. The molecule has 0 aliphatic heterocycles. The Bertz CT molecular complexity index is 851. The van der Waals surface area contributed by atoms with Crippen LogP contribution in [0, 0.1) is 11.3 Å². The van der Waals surface area contributed by atoms with Gasteiger partial charge in [-0.05, 0) is 42.0 Å². The molecule has 124 valence electrons. The first-order valence-electron chi connectivity index (χ1n) is 7.93. The molecule has 6 heteroatoms. The molecule has 3 rings (SSSR count). The first kappa shape index (κ1) is 16.4. The van der Waals surface area contributed by atoms with Crippen LogP contribution in [0.3, 0.4) is 0 Å². The van der Waals surface area contributed by atoms with Gasteiger partial charge in [0.1, 0.15) is 0 Å². The van der Waals surface area contributed by atoms with Gasteiger partial charge in [0.2, 0.25) is 0 Å². The lowest BCUT2D eigenvalue weighted by Crippen LogP contribution is -2.31. The molecule has 0 saturated carbocycles. The third kappa shape index (κ3) is 4.09. The number of hydrogen-bond donors (Lipinski definition) is 0. The summed E-state index contributed by atoms with van der Waals surface area (Å²) in [5.74, 6) is -0.105. The average molecular weight is 331 g/mol. The molecule has 0 aliphatic rings. The first-order chi connectivity index (χ1) is 12.3. The maximum absolute atomic E-state index is 12.8. The summed E-state index contributed by atoms with van der Waals surface area (Å²) < 4.78 is 1.73. The molecule has 3 aromatic rings. The van der Waals surface area contributed by atoms with Crippen LogP contribution in [0.4, 0.5) is 0 Å². The van der Waals surface area contributed by atoms with Crippen molar-refractivity contribution in [1.29, 1.82) is 5.26 Å². The number of amides is 1. The third-order valence-corrected chi connectivity index (χ3v) is 3.76. The van der Waals surface area contributed by atoms with Crippen LogP contribution in [0.5, 0.6) is 0 Å². The van der Waals surface area contributed by atoms with Crippen LogP contribution >= 0.6 is 0 Å². The minimum absolute atomic E-state index is 0.105. The van der Waals surface area contributed by atoms with E-state index < -0.39 is 0 Å². The number of rotatable bonds is 6. The molecule has 2 aromatic heterocycles. The van der Waals surface area contributed by atoms with E-state index in [0.29, 0.717) is 18.7 Å². The van der Waals surface area contributed by atoms with Crippen LogP contribution in [-0.4, -0.2) is 32.1 Å². The molecule has 6 nitrogen and oxygen atoms in total. The van der Waals surface area contributed by atoms with Crippen LogP contribution in [-0.2, 0) is 6.54 Å². The molecule has 0 spiro atoms. The van der Waals surface area contributed by atoms with Gasteiger partial charge < -0.3 is 4.90 Å². The van der Waals surface area contributed by atoms with Crippen molar-refractivity contribution in [2.45, 2.75) is 13.0 Å². The van der Waals surface area contributed by atoms with E-state index in [1.165, 1.54) is 0 Å². The summed E-state index contributed by atoms with van der Waals surface area (Å²) in [6.07, 6.45) is 7.26. The van der Waals surface area contributed by atoms with E-state index in [2.05, 4.69) is 16.2 Å². The molecule has 0 aliphatic carbocycles. The molecule has 0 radical (unpaired) electrons. The van der Waals surface area contributed by atoms with Gasteiger partial charge in [0.05, 0.1) is 18.2 Å². The number of nitrogens with zero attached hydrogens (tertiary/aromatic N) is 5. The highest BCUT2D eigenvalue weighted by atomic mass is 16.2. The van der Waals surface area contributed by atoms with Crippen molar-refractivity contribution in [3.63, 3.8) is 0 Å². The van der Waals surface area contributed by atoms with Crippen LogP contribution in [0.15, 0.2) is 67.3 Å². The lowest BCUT2D eigenvalue weighted by molar-refractivity contribution is 0.0747. The van der Waals surface area contributed by atoms with Gasteiger partial charge in [0, 0.05) is 43.4 Å². The highest BCUT2D eigenvalue weighted by Crippen LogP contribution is 2.13. The number of benzene rings is 1. The SMILES string of the molecule is N#CCCN(Cc1cccnc1)C(=O)c1ccc(-n2cccn2)cc1. The number of nitriles is 1. The summed E-state index contributed by atoms with van der Waals surface area (Å²) in [6.45, 7) is 0.806. The molecule has 1 amide bonds. The fraction of sp³-hybridized carbons (Fsp3) is 0.158. The standard InChI is InChI=1S/C19H17N5O/c20-9-2-12-23(15-16-4-1-10-21-14-16)19(25)17-5-7-18(8-6-17)24-13-3-11-22-24/h1,3-8,10-11,13-14H,2,12,15H2. The second kappa shape index (κ2) is 7.88. The van der Waals surface area contributed by atoms with Crippen LogP contribution in [0.1, 0.15) is 22.3 Å².